The molecule has 350 valence electrons. The van der Waals surface area contributed by atoms with Crippen molar-refractivity contribution in [1.29, 1.82) is 0 Å². The average molecular weight is 943 g/mol. The van der Waals surface area contributed by atoms with Gasteiger partial charge in [-0.15, -0.1) is 0 Å². The summed E-state index contributed by atoms with van der Waals surface area (Å²) in [6.07, 6.45) is 0. The summed E-state index contributed by atoms with van der Waals surface area (Å²) in [5.41, 5.74) is 6.59. The molecule has 0 N–H and O–H groups in total. The van der Waals surface area contributed by atoms with Gasteiger partial charge in [-0.05, 0) is 89.4 Å². The summed E-state index contributed by atoms with van der Waals surface area (Å²) < 4.78 is 66.0. The molecule has 0 saturated carbocycles. The van der Waals surface area contributed by atoms with Gasteiger partial charge in [-0.2, -0.15) is 0 Å². The number of benzene rings is 6. The Morgan fingerprint density at radius 1 is 0.448 bits per heavy atom. The predicted molar refractivity (Wildman–Crippen MR) is 274 cm³/mol. The summed E-state index contributed by atoms with van der Waals surface area (Å²) in [6, 6.07) is 31.5. The fraction of sp³-hybridized carbons (Fsp3) is 0.309. The predicted octanol–water partition coefficient (Wildman–Crippen LogP) is 17.2. The van der Waals surface area contributed by atoms with Gasteiger partial charge in [-0.3, -0.25) is 0 Å². The van der Waals surface area contributed by atoms with E-state index in [2.05, 4.69) is 68.9 Å². The zero-order valence-electron chi connectivity index (χ0n) is 40.9. The Labute approximate surface area is 394 Å². The van der Waals surface area contributed by atoms with Gasteiger partial charge in [0.25, 0.3) is 0 Å². The van der Waals surface area contributed by atoms with Crippen molar-refractivity contribution in [2.24, 2.45) is 0 Å². The van der Waals surface area contributed by atoms with E-state index in [1.54, 1.807) is 28.4 Å². The molecular formula is C55H60O10P2. The molecule has 0 unspecified atom stereocenters. The minimum absolute atomic E-state index is 0.380. The van der Waals surface area contributed by atoms with Crippen molar-refractivity contribution >= 4 is 65.9 Å². The molecule has 8 rings (SSSR count). The molecule has 0 aliphatic carbocycles. The molecule has 2 aromatic heterocycles. The highest BCUT2D eigenvalue weighted by molar-refractivity contribution is 7.32. The monoisotopic (exact) mass is 942 g/mol. The Bertz CT molecular complexity index is 3140. The number of hydrogen-bond acceptors (Lipinski definition) is 10. The normalized spacial score (nSPS) is 12.1. The van der Waals surface area contributed by atoms with E-state index in [1.807, 2.05) is 104 Å². The summed E-state index contributed by atoms with van der Waals surface area (Å²) in [6.45, 7) is 25.6. The highest BCUT2D eigenvalue weighted by Gasteiger charge is 2.31. The second-order valence-electron chi connectivity index (χ2n) is 19.7. The third kappa shape index (κ3) is 9.35. The van der Waals surface area contributed by atoms with Crippen LogP contribution in [0.3, 0.4) is 0 Å². The molecule has 0 fully saturated rings. The number of para-hydroxylation sites is 2. The minimum Gasteiger partial charge on any atom is -0.497 e. The molecule has 0 aliphatic heterocycles. The SMILES string of the molecule is C=C(C)c1cc(OC)cc(-c2cc(OC)cc(C(C)(C)C)c2Op2oc3c(C(C)(C)C)cc(OC)cc3c3cc(OC)cc(C(C)(C)C)c3o2)c1Op1oc2ccccc2c2ccccc2o1. The number of allylic oxidation sites excluding steroid dienone is 1. The lowest BCUT2D eigenvalue weighted by Gasteiger charge is -2.26. The van der Waals surface area contributed by atoms with Crippen molar-refractivity contribution in [1.82, 2.24) is 0 Å². The Kier molecular flexibility index (Phi) is 12.7. The van der Waals surface area contributed by atoms with Gasteiger partial charge in [0.15, 0.2) is 5.75 Å². The van der Waals surface area contributed by atoms with Crippen LogP contribution in [0.5, 0.6) is 34.5 Å². The maximum absolute atomic E-state index is 7.40. The number of ether oxygens (including phenoxy) is 4. The van der Waals surface area contributed by atoms with Crippen LogP contribution in [0, 0.1) is 0 Å². The fourth-order valence-corrected chi connectivity index (χ4v) is 10.4. The Morgan fingerprint density at radius 2 is 0.821 bits per heavy atom. The van der Waals surface area contributed by atoms with Crippen LogP contribution in [0.4, 0.5) is 0 Å². The average Bonchev–Trinajstić information content (AvgIpc) is 3.54. The van der Waals surface area contributed by atoms with Crippen LogP contribution < -0.4 is 28.0 Å². The van der Waals surface area contributed by atoms with Crippen molar-refractivity contribution in [3.63, 3.8) is 0 Å². The molecule has 8 aromatic rings. The van der Waals surface area contributed by atoms with Crippen LogP contribution in [0.25, 0.3) is 60.6 Å². The maximum Gasteiger partial charge on any atom is 0.453 e. The Morgan fingerprint density at radius 3 is 1.25 bits per heavy atom. The quantitative estimate of drug-likeness (QED) is 0.131. The highest BCUT2D eigenvalue weighted by Crippen LogP contribution is 2.54. The summed E-state index contributed by atoms with van der Waals surface area (Å²) in [7, 11) is 2.28. The van der Waals surface area contributed by atoms with Gasteiger partial charge in [0, 0.05) is 54.9 Å². The van der Waals surface area contributed by atoms with Crippen molar-refractivity contribution in [3.05, 3.63) is 126 Å². The van der Waals surface area contributed by atoms with Gasteiger partial charge < -0.3 is 44.8 Å². The molecule has 2 heterocycles. The lowest BCUT2D eigenvalue weighted by Crippen LogP contribution is -2.13. The minimum atomic E-state index is -2.26. The topological polar surface area (TPSA) is 108 Å². The van der Waals surface area contributed by atoms with E-state index >= 15 is 0 Å². The molecule has 0 aliphatic rings. The molecule has 0 amide bonds. The van der Waals surface area contributed by atoms with Gasteiger partial charge in [-0.25, -0.2) is 0 Å². The van der Waals surface area contributed by atoms with Gasteiger partial charge in [-0.1, -0.05) is 105 Å². The van der Waals surface area contributed by atoms with E-state index in [1.165, 1.54) is 0 Å². The summed E-state index contributed by atoms with van der Waals surface area (Å²) in [5.74, 6) is 3.49. The largest absolute Gasteiger partial charge is 0.497 e. The Hall–Kier alpha value is -6.34. The van der Waals surface area contributed by atoms with Crippen molar-refractivity contribution in [2.45, 2.75) is 85.5 Å². The zero-order valence-corrected chi connectivity index (χ0v) is 42.7. The molecule has 12 heteroatoms. The number of hydrogen-bond donors (Lipinski definition) is 0. The van der Waals surface area contributed by atoms with Gasteiger partial charge in [0.05, 0.1) is 28.4 Å². The summed E-state index contributed by atoms with van der Waals surface area (Å²) >= 11 is 0. The first-order valence-corrected chi connectivity index (χ1v) is 24.3. The second kappa shape index (κ2) is 18.0. The van der Waals surface area contributed by atoms with E-state index in [9.17, 15) is 0 Å². The van der Waals surface area contributed by atoms with E-state index in [0.717, 1.165) is 43.8 Å². The van der Waals surface area contributed by atoms with Crippen LogP contribution in [-0.2, 0) is 16.2 Å². The van der Waals surface area contributed by atoms with Crippen LogP contribution in [0.1, 0.15) is 91.5 Å². The van der Waals surface area contributed by atoms with Crippen LogP contribution in [0.2, 0.25) is 0 Å². The zero-order chi connectivity index (χ0) is 48.2. The summed E-state index contributed by atoms with van der Waals surface area (Å²) in [5, 5.41) is 3.39. The second-order valence-corrected chi connectivity index (χ2v) is 21.7. The van der Waals surface area contributed by atoms with E-state index < -0.39 is 21.9 Å². The molecule has 0 atom stereocenters. The third-order valence-electron chi connectivity index (χ3n) is 11.7. The molecule has 67 heavy (non-hydrogen) atoms. The fourth-order valence-electron chi connectivity index (χ4n) is 8.17. The van der Waals surface area contributed by atoms with Gasteiger partial charge >= 0.3 is 16.5 Å². The van der Waals surface area contributed by atoms with Crippen molar-refractivity contribution in [2.75, 3.05) is 28.4 Å². The maximum atomic E-state index is 7.40. The van der Waals surface area contributed by atoms with Crippen molar-refractivity contribution in [3.8, 4) is 45.6 Å². The molecule has 0 spiro atoms. The van der Waals surface area contributed by atoms with E-state index in [-0.39, 0.29) is 10.8 Å². The van der Waals surface area contributed by atoms with E-state index in [0.29, 0.717) is 73.5 Å². The standard InChI is InChI=1S/C55H60O10P2/c1-32(2)39-24-33(56-12)25-40(49(39)62-66-60-47-22-18-16-20-37(47)38-21-17-19-23-48(38)61-66)41-26-34(57-13)29-44(53(3,4)5)50(41)63-67-64-51-42(27-35(58-14)30-45(51)54(6,7)8)43-28-36(59-15)31-46(52(43)65-67)55(9,10)11/h16-31H,1H2,2-15H3. The van der Waals surface area contributed by atoms with Crippen LogP contribution in [0.15, 0.2) is 120 Å². The molecular weight excluding hydrogens is 883 g/mol. The molecule has 10 nitrogen and oxygen atoms in total. The molecule has 6 aromatic carbocycles. The van der Waals surface area contributed by atoms with Gasteiger partial charge in [0.2, 0.25) is 0 Å². The van der Waals surface area contributed by atoms with Crippen molar-refractivity contribution < 1.29 is 44.8 Å². The molecule has 0 bridgehead atoms. The number of rotatable bonds is 10. The number of fused-ring (bicyclic) bond motifs is 6. The van der Waals surface area contributed by atoms with Gasteiger partial charge in [0.1, 0.15) is 51.1 Å². The molecule has 0 saturated heterocycles. The van der Waals surface area contributed by atoms with Crippen LogP contribution in [-0.4, -0.2) is 28.4 Å². The van der Waals surface area contributed by atoms with Crippen LogP contribution >= 0.6 is 16.5 Å². The third-order valence-corrected chi connectivity index (χ3v) is 13.7. The number of methoxy groups -OCH3 is 4. The lowest BCUT2D eigenvalue weighted by molar-refractivity contribution is 0.409. The first-order chi connectivity index (χ1) is 31.7. The first-order valence-electron chi connectivity index (χ1n) is 22.1. The van der Waals surface area contributed by atoms with E-state index in [4.69, 9.17) is 44.8 Å². The Balaban J connectivity index is 1.49. The lowest BCUT2D eigenvalue weighted by atomic mass is 9.83. The smallest absolute Gasteiger partial charge is 0.453 e. The molecule has 0 radical (unpaired) electrons. The first kappa shape index (κ1) is 47.2. The summed E-state index contributed by atoms with van der Waals surface area (Å²) in [4.78, 5) is 0. The highest BCUT2D eigenvalue weighted by atomic mass is 31.1.